The Labute approximate surface area is 205 Å². The molecule has 34 heavy (non-hydrogen) atoms. The Morgan fingerprint density at radius 3 is 2.32 bits per heavy atom. The van der Waals surface area contributed by atoms with Gasteiger partial charge in [0.1, 0.15) is 17.2 Å². The molecule has 4 aromatic rings. The van der Waals surface area contributed by atoms with E-state index in [4.69, 9.17) is 4.74 Å². The summed E-state index contributed by atoms with van der Waals surface area (Å²) in [7, 11) is 0. The average Bonchev–Trinajstić information content (AvgIpc) is 3.21. The van der Waals surface area contributed by atoms with E-state index in [1.807, 2.05) is 24.3 Å². The van der Waals surface area contributed by atoms with Gasteiger partial charge in [-0.25, -0.2) is 0 Å². The first-order valence-electron chi connectivity index (χ1n) is 12.1. The van der Waals surface area contributed by atoms with E-state index in [1.54, 1.807) is 29.5 Å². The van der Waals surface area contributed by atoms with Crippen LogP contribution in [0.5, 0.6) is 17.2 Å². The Kier molecular flexibility index (Phi) is 7.02. The van der Waals surface area contributed by atoms with Crippen molar-refractivity contribution >= 4 is 21.4 Å². The van der Waals surface area contributed by atoms with E-state index in [1.165, 1.54) is 48.4 Å². The lowest BCUT2D eigenvalue weighted by molar-refractivity contribution is 0.205. The van der Waals surface area contributed by atoms with Crippen molar-refractivity contribution < 1.29 is 14.9 Å². The van der Waals surface area contributed by atoms with Gasteiger partial charge in [0, 0.05) is 16.1 Å². The van der Waals surface area contributed by atoms with Crippen LogP contribution in [-0.4, -0.2) is 41.4 Å². The third-order valence-corrected chi connectivity index (χ3v) is 7.79. The van der Waals surface area contributed by atoms with Gasteiger partial charge < -0.3 is 19.8 Å². The van der Waals surface area contributed by atoms with Gasteiger partial charge in [0.25, 0.3) is 0 Å². The predicted octanol–water partition coefficient (Wildman–Crippen LogP) is 6.83. The number of hydrogen-bond acceptors (Lipinski definition) is 5. The van der Waals surface area contributed by atoms with Gasteiger partial charge in [-0.05, 0) is 115 Å². The van der Waals surface area contributed by atoms with Crippen molar-refractivity contribution in [1.82, 2.24) is 4.90 Å². The average molecular weight is 474 g/mol. The molecule has 0 saturated carbocycles. The molecule has 0 atom stereocenters. The predicted molar refractivity (Wildman–Crippen MR) is 140 cm³/mol. The standard InChI is InChI=1S/C29H31NO3S/c31-23-9-7-22(8-10-23)29-27(26-14-11-24(32)20-28(26)34-29)19-21-5-12-25(13-6-21)33-18-4-17-30-15-2-1-3-16-30/h5-14,20,31-32H,1-4,15-19H2. The van der Waals surface area contributed by atoms with Gasteiger partial charge in [0.15, 0.2) is 0 Å². The van der Waals surface area contributed by atoms with Crippen molar-refractivity contribution in [2.24, 2.45) is 0 Å². The van der Waals surface area contributed by atoms with Gasteiger partial charge in [0.2, 0.25) is 0 Å². The van der Waals surface area contributed by atoms with E-state index >= 15 is 0 Å². The van der Waals surface area contributed by atoms with Crippen LogP contribution in [0.3, 0.4) is 0 Å². The van der Waals surface area contributed by atoms with Crippen LogP contribution in [0.4, 0.5) is 0 Å². The molecule has 3 aromatic carbocycles. The molecule has 0 bridgehead atoms. The molecule has 4 nitrogen and oxygen atoms in total. The largest absolute Gasteiger partial charge is 0.508 e. The zero-order valence-corrected chi connectivity index (χ0v) is 20.2. The van der Waals surface area contributed by atoms with E-state index in [9.17, 15) is 10.2 Å². The highest BCUT2D eigenvalue weighted by atomic mass is 32.1. The molecule has 1 aliphatic rings. The Morgan fingerprint density at radius 2 is 1.56 bits per heavy atom. The van der Waals surface area contributed by atoms with Crippen molar-refractivity contribution in [3.8, 4) is 27.7 Å². The molecule has 2 heterocycles. The number of phenolic OH excluding ortho intramolecular Hbond substituents is 2. The minimum atomic E-state index is 0.260. The number of phenols is 2. The molecule has 1 aromatic heterocycles. The quantitative estimate of drug-likeness (QED) is 0.276. The summed E-state index contributed by atoms with van der Waals surface area (Å²) in [6, 6.07) is 21.3. The van der Waals surface area contributed by atoms with Crippen LogP contribution in [0.2, 0.25) is 0 Å². The minimum Gasteiger partial charge on any atom is -0.508 e. The first-order valence-corrected chi connectivity index (χ1v) is 13.0. The number of rotatable bonds is 8. The van der Waals surface area contributed by atoms with Crippen LogP contribution in [-0.2, 0) is 6.42 Å². The lowest BCUT2D eigenvalue weighted by Crippen LogP contribution is -2.31. The number of nitrogens with zero attached hydrogens (tertiary/aromatic N) is 1. The maximum Gasteiger partial charge on any atom is 0.119 e. The molecule has 0 spiro atoms. The smallest absolute Gasteiger partial charge is 0.119 e. The van der Waals surface area contributed by atoms with E-state index in [-0.39, 0.29) is 11.5 Å². The summed E-state index contributed by atoms with van der Waals surface area (Å²) in [5, 5.41) is 20.8. The topological polar surface area (TPSA) is 52.9 Å². The maximum absolute atomic E-state index is 9.98. The van der Waals surface area contributed by atoms with E-state index in [0.29, 0.717) is 0 Å². The molecule has 1 saturated heterocycles. The van der Waals surface area contributed by atoms with Gasteiger partial charge in [-0.3, -0.25) is 0 Å². The van der Waals surface area contributed by atoms with Crippen LogP contribution in [0, 0.1) is 0 Å². The Hall–Kier alpha value is -3.02. The normalized spacial score (nSPS) is 14.5. The second kappa shape index (κ2) is 10.5. The number of hydrogen-bond donors (Lipinski definition) is 2. The number of piperidine rings is 1. The molecule has 0 radical (unpaired) electrons. The summed E-state index contributed by atoms with van der Waals surface area (Å²) in [6.45, 7) is 4.34. The first-order chi connectivity index (χ1) is 16.7. The van der Waals surface area contributed by atoms with Crippen LogP contribution >= 0.6 is 11.3 Å². The summed E-state index contributed by atoms with van der Waals surface area (Å²) >= 11 is 1.67. The summed E-state index contributed by atoms with van der Waals surface area (Å²) in [5.74, 6) is 1.45. The zero-order chi connectivity index (χ0) is 23.3. The highest BCUT2D eigenvalue weighted by Gasteiger charge is 2.15. The minimum absolute atomic E-state index is 0.260. The maximum atomic E-state index is 9.98. The van der Waals surface area contributed by atoms with Gasteiger partial charge in [-0.1, -0.05) is 18.6 Å². The van der Waals surface area contributed by atoms with Crippen molar-refractivity contribution in [3.05, 3.63) is 77.9 Å². The third-order valence-electron chi connectivity index (χ3n) is 6.55. The Bertz CT molecular complexity index is 1220. The van der Waals surface area contributed by atoms with Gasteiger partial charge in [-0.15, -0.1) is 11.3 Å². The van der Waals surface area contributed by atoms with E-state index < -0.39 is 0 Å². The van der Waals surface area contributed by atoms with Crippen molar-refractivity contribution in [1.29, 1.82) is 0 Å². The molecule has 5 heteroatoms. The van der Waals surface area contributed by atoms with Gasteiger partial charge >= 0.3 is 0 Å². The second-order valence-corrected chi connectivity index (χ2v) is 10.1. The molecular weight excluding hydrogens is 442 g/mol. The third kappa shape index (κ3) is 5.37. The van der Waals surface area contributed by atoms with Crippen LogP contribution < -0.4 is 4.74 Å². The van der Waals surface area contributed by atoms with E-state index in [2.05, 4.69) is 29.2 Å². The van der Waals surface area contributed by atoms with Crippen molar-refractivity contribution in [3.63, 3.8) is 0 Å². The van der Waals surface area contributed by atoms with Crippen molar-refractivity contribution in [2.45, 2.75) is 32.1 Å². The molecule has 0 amide bonds. The van der Waals surface area contributed by atoms with Crippen molar-refractivity contribution in [2.75, 3.05) is 26.2 Å². The fourth-order valence-corrected chi connectivity index (χ4v) is 5.99. The summed E-state index contributed by atoms with van der Waals surface area (Å²) in [4.78, 5) is 3.71. The zero-order valence-electron chi connectivity index (χ0n) is 19.4. The monoisotopic (exact) mass is 473 g/mol. The van der Waals surface area contributed by atoms with Gasteiger partial charge in [0.05, 0.1) is 6.61 Å². The molecule has 0 aliphatic carbocycles. The lowest BCUT2D eigenvalue weighted by atomic mass is 9.99. The van der Waals surface area contributed by atoms with Crippen LogP contribution in [0.15, 0.2) is 66.7 Å². The summed E-state index contributed by atoms with van der Waals surface area (Å²) < 4.78 is 7.06. The number of benzene rings is 3. The molecule has 1 aliphatic heterocycles. The molecule has 1 fully saturated rings. The fourth-order valence-electron chi connectivity index (χ4n) is 4.73. The number of ether oxygens (including phenoxy) is 1. The molecule has 176 valence electrons. The van der Waals surface area contributed by atoms with Crippen LogP contribution in [0.25, 0.3) is 20.5 Å². The first kappa shape index (κ1) is 22.8. The molecule has 0 unspecified atom stereocenters. The SMILES string of the molecule is Oc1ccc(-c2sc3cc(O)ccc3c2Cc2ccc(OCCCN3CCCCC3)cc2)cc1. The highest BCUT2D eigenvalue weighted by molar-refractivity contribution is 7.22. The second-order valence-electron chi connectivity index (χ2n) is 9.06. The number of aromatic hydroxyl groups is 2. The molecular formula is C29H31NO3S. The van der Waals surface area contributed by atoms with Gasteiger partial charge in [-0.2, -0.15) is 0 Å². The van der Waals surface area contributed by atoms with E-state index in [0.717, 1.165) is 47.4 Å². The number of fused-ring (bicyclic) bond motifs is 1. The number of thiophene rings is 1. The molecule has 5 rings (SSSR count). The Balaban J connectivity index is 1.28. The summed E-state index contributed by atoms with van der Waals surface area (Å²) in [6.07, 6.45) is 5.88. The van der Waals surface area contributed by atoms with Crippen LogP contribution in [0.1, 0.15) is 36.8 Å². The lowest BCUT2D eigenvalue weighted by Gasteiger charge is -2.26. The number of likely N-dealkylation sites (tertiary alicyclic amines) is 1. The Morgan fingerprint density at radius 1 is 0.824 bits per heavy atom. The highest BCUT2D eigenvalue weighted by Crippen LogP contribution is 2.41. The summed E-state index contributed by atoms with van der Waals surface area (Å²) in [5.41, 5.74) is 3.52. The fraction of sp³-hybridized carbons (Fsp3) is 0.310. The molecule has 2 N–H and O–H groups in total.